The SMILES string of the molecule is Cc1cc(CN2CCN(c3ncnc4sc(C)cc34)CC2)no1. The Morgan fingerprint density at radius 2 is 1.96 bits per heavy atom. The van der Waals surface area contributed by atoms with Gasteiger partial charge in [-0.2, -0.15) is 0 Å². The lowest BCUT2D eigenvalue weighted by Gasteiger charge is -2.35. The molecule has 3 aromatic heterocycles. The molecule has 0 aliphatic carbocycles. The summed E-state index contributed by atoms with van der Waals surface area (Å²) in [6.45, 7) is 8.84. The summed E-state index contributed by atoms with van der Waals surface area (Å²) in [5, 5.41) is 5.26. The number of nitrogens with zero attached hydrogens (tertiary/aromatic N) is 5. The molecule has 1 aliphatic heterocycles. The Kier molecular flexibility index (Phi) is 3.74. The van der Waals surface area contributed by atoms with Crippen LogP contribution in [-0.4, -0.2) is 46.2 Å². The van der Waals surface area contributed by atoms with Crippen molar-refractivity contribution in [2.75, 3.05) is 31.1 Å². The molecule has 7 heteroatoms. The van der Waals surface area contributed by atoms with Crippen LogP contribution in [-0.2, 0) is 6.54 Å². The molecule has 3 aromatic rings. The van der Waals surface area contributed by atoms with Gasteiger partial charge in [0.2, 0.25) is 0 Å². The molecule has 4 rings (SSSR count). The molecule has 1 aliphatic rings. The smallest absolute Gasteiger partial charge is 0.140 e. The highest BCUT2D eigenvalue weighted by Crippen LogP contribution is 2.30. The molecule has 0 saturated carbocycles. The van der Waals surface area contributed by atoms with E-state index in [9.17, 15) is 0 Å². The molecule has 0 spiro atoms. The average Bonchev–Trinajstić information content (AvgIpc) is 3.12. The van der Waals surface area contributed by atoms with Crippen LogP contribution in [0.25, 0.3) is 10.2 Å². The van der Waals surface area contributed by atoms with Crippen LogP contribution in [0, 0.1) is 13.8 Å². The molecule has 1 saturated heterocycles. The van der Waals surface area contributed by atoms with E-state index in [4.69, 9.17) is 4.52 Å². The summed E-state index contributed by atoms with van der Waals surface area (Å²) >= 11 is 1.73. The highest BCUT2D eigenvalue weighted by molar-refractivity contribution is 7.18. The number of thiophene rings is 1. The van der Waals surface area contributed by atoms with Gasteiger partial charge in [0.05, 0.1) is 11.1 Å². The summed E-state index contributed by atoms with van der Waals surface area (Å²) in [6.07, 6.45) is 1.68. The summed E-state index contributed by atoms with van der Waals surface area (Å²) in [6, 6.07) is 4.20. The Morgan fingerprint density at radius 1 is 1.13 bits per heavy atom. The normalized spacial score (nSPS) is 16.3. The van der Waals surface area contributed by atoms with Crippen LogP contribution in [0.3, 0.4) is 0 Å². The van der Waals surface area contributed by atoms with E-state index in [-0.39, 0.29) is 0 Å². The summed E-state index contributed by atoms with van der Waals surface area (Å²) in [5.74, 6) is 1.94. The van der Waals surface area contributed by atoms with Crippen LogP contribution in [0.1, 0.15) is 16.3 Å². The van der Waals surface area contributed by atoms with Gasteiger partial charge in [-0.05, 0) is 19.9 Å². The monoisotopic (exact) mass is 329 g/mol. The first-order valence-corrected chi connectivity index (χ1v) is 8.61. The molecule has 120 valence electrons. The van der Waals surface area contributed by atoms with E-state index in [0.29, 0.717) is 0 Å². The number of fused-ring (bicyclic) bond motifs is 1. The number of anilines is 1. The third kappa shape index (κ3) is 2.94. The molecular formula is C16H19N5OS. The quantitative estimate of drug-likeness (QED) is 0.736. The van der Waals surface area contributed by atoms with Crippen molar-refractivity contribution >= 4 is 27.4 Å². The van der Waals surface area contributed by atoms with Gasteiger partial charge in [-0.1, -0.05) is 5.16 Å². The summed E-state index contributed by atoms with van der Waals surface area (Å²) in [7, 11) is 0. The second-order valence-electron chi connectivity index (χ2n) is 5.97. The van der Waals surface area contributed by atoms with Crippen molar-refractivity contribution in [3.8, 4) is 0 Å². The molecule has 1 fully saturated rings. The number of hydrogen-bond donors (Lipinski definition) is 0. The Hall–Kier alpha value is -1.99. The molecular weight excluding hydrogens is 310 g/mol. The first-order chi connectivity index (χ1) is 11.2. The van der Waals surface area contributed by atoms with Crippen molar-refractivity contribution < 1.29 is 4.52 Å². The van der Waals surface area contributed by atoms with E-state index < -0.39 is 0 Å². The minimum Gasteiger partial charge on any atom is -0.361 e. The van der Waals surface area contributed by atoms with Gasteiger partial charge >= 0.3 is 0 Å². The molecule has 0 amide bonds. The fourth-order valence-corrected chi connectivity index (χ4v) is 3.90. The Balaban J connectivity index is 1.46. The molecule has 0 N–H and O–H groups in total. The third-order valence-corrected chi connectivity index (χ3v) is 5.12. The minimum absolute atomic E-state index is 0.849. The van der Waals surface area contributed by atoms with Crippen LogP contribution in [0.4, 0.5) is 5.82 Å². The maximum Gasteiger partial charge on any atom is 0.140 e. The average molecular weight is 329 g/mol. The molecule has 0 radical (unpaired) electrons. The standard InChI is InChI=1S/C16H19N5OS/c1-11-7-13(19-22-11)9-20-3-5-21(6-4-20)15-14-8-12(2)23-16(14)18-10-17-15/h7-8,10H,3-6,9H2,1-2H3. The predicted molar refractivity (Wildman–Crippen MR) is 90.9 cm³/mol. The van der Waals surface area contributed by atoms with E-state index in [0.717, 1.165) is 54.8 Å². The molecule has 0 unspecified atom stereocenters. The zero-order valence-electron chi connectivity index (χ0n) is 13.3. The second-order valence-corrected chi connectivity index (χ2v) is 7.20. The van der Waals surface area contributed by atoms with Crippen LogP contribution in [0.5, 0.6) is 0 Å². The minimum atomic E-state index is 0.849. The van der Waals surface area contributed by atoms with Crippen LogP contribution in [0.2, 0.25) is 0 Å². The van der Waals surface area contributed by atoms with Gasteiger partial charge in [-0.25, -0.2) is 9.97 Å². The fourth-order valence-electron chi connectivity index (χ4n) is 3.05. The highest BCUT2D eigenvalue weighted by atomic mass is 32.1. The van der Waals surface area contributed by atoms with Crippen molar-refractivity contribution in [3.63, 3.8) is 0 Å². The largest absolute Gasteiger partial charge is 0.361 e. The van der Waals surface area contributed by atoms with E-state index in [1.165, 1.54) is 10.3 Å². The third-order valence-electron chi connectivity index (χ3n) is 4.17. The van der Waals surface area contributed by atoms with E-state index in [1.807, 2.05) is 13.0 Å². The summed E-state index contributed by atoms with van der Waals surface area (Å²) < 4.78 is 5.14. The molecule has 0 aromatic carbocycles. The zero-order valence-corrected chi connectivity index (χ0v) is 14.1. The molecule has 0 bridgehead atoms. The first kappa shape index (κ1) is 14.6. The number of aryl methyl sites for hydroxylation is 2. The summed E-state index contributed by atoms with van der Waals surface area (Å²) in [4.78, 5) is 16.0. The highest BCUT2D eigenvalue weighted by Gasteiger charge is 2.21. The Bertz CT molecular complexity index is 819. The van der Waals surface area contributed by atoms with Crippen molar-refractivity contribution in [3.05, 3.63) is 34.8 Å². The Morgan fingerprint density at radius 3 is 2.70 bits per heavy atom. The van der Waals surface area contributed by atoms with Crippen LogP contribution in [0.15, 0.2) is 23.0 Å². The lowest BCUT2D eigenvalue weighted by molar-refractivity contribution is 0.241. The maximum atomic E-state index is 5.14. The lowest BCUT2D eigenvalue weighted by Crippen LogP contribution is -2.46. The van der Waals surface area contributed by atoms with E-state index in [1.54, 1.807) is 17.7 Å². The van der Waals surface area contributed by atoms with E-state index in [2.05, 4.69) is 37.9 Å². The van der Waals surface area contributed by atoms with E-state index >= 15 is 0 Å². The maximum absolute atomic E-state index is 5.14. The van der Waals surface area contributed by atoms with Gasteiger partial charge in [0.1, 0.15) is 22.7 Å². The van der Waals surface area contributed by atoms with Crippen LogP contribution < -0.4 is 4.90 Å². The number of rotatable bonds is 3. The van der Waals surface area contributed by atoms with Gasteiger partial charge in [0, 0.05) is 43.7 Å². The van der Waals surface area contributed by atoms with Gasteiger partial charge in [-0.15, -0.1) is 11.3 Å². The molecule has 4 heterocycles. The zero-order chi connectivity index (χ0) is 15.8. The molecule has 23 heavy (non-hydrogen) atoms. The number of piperazine rings is 1. The second kappa shape index (κ2) is 5.90. The van der Waals surface area contributed by atoms with Gasteiger partial charge in [-0.3, -0.25) is 4.90 Å². The van der Waals surface area contributed by atoms with Gasteiger partial charge < -0.3 is 9.42 Å². The van der Waals surface area contributed by atoms with Crippen LogP contribution >= 0.6 is 11.3 Å². The number of hydrogen-bond acceptors (Lipinski definition) is 7. The van der Waals surface area contributed by atoms with Crippen molar-refractivity contribution in [2.24, 2.45) is 0 Å². The predicted octanol–water partition coefficient (Wildman–Crippen LogP) is 2.62. The topological polar surface area (TPSA) is 58.3 Å². The van der Waals surface area contributed by atoms with Gasteiger partial charge in [0.15, 0.2) is 0 Å². The van der Waals surface area contributed by atoms with Crippen molar-refractivity contribution in [1.82, 2.24) is 20.0 Å². The van der Waals surface area contributed by atoms with Crippen molar-refractivity contribution in [1.29, 1.82) is 0 Å². The Labute approximate surface area is 138 Å². The van der Waals surface area contributed by atoms with Gasteiger partial charge in [0.25, 0.3) is 0 Å². The van der Waals surface area contributed by atoms with Crippen molar-refractivity contribution in [2.45, 2.75) is 20.4 Å². The molecule has 0 atom stereocenters. The fraction of sp³-hybridized carbons (Fsp3) is 0.438. The first-order valence-electron chi connectivity index (χ1n) is 7.80. The lowest BCUT2D eigenvalue weighted by atomic mass is 10.2. The summed E-state index contributed by atoms with van der Waals surface area (Å²) in [5.41, 5.74) is 1.01. The number of aromatic nitrogens is 3. The molecule has 6 nitrogen and oxygen atoms in total.